The number of aromatic nitrogens is 2. The lowest BCUT2D eigenvalue weighted by molar-refractivity contribution is -0.115. The molecular formula is C24H26N4O2. The van der Waals surface area contributed by atoms with Crippen LogP contribution in [0.3, 0.4) is 0 Å². The SMILES string of the molecule is O=C(Cc1cccc(C(=O)NCCCn2ccnc2)c1)Nc1ccc2c(c1)CCC2. The van der Waals surface area contributed by atoms with Crippen molar-refractivity contribution in [3.05, 3.63) is 83.4 Å². The molecule has 154 valence electrons. The predicted molar refractivity (Wildman–Crippen MR) is 116 cm³/mol. The lowest BCUT2D eigenvalue weighted by Gasteiger charge is -2.09. The summed E-state index contributed by atoms with van der Waals surface area (Å²) in [6, 6.07) is 13.4. The normalized spacial score (nSPS) is 12.4. The number of carbonyl (C=O) groups is 2. The number of imidazole rings is 1. The van der Waals surface area contributed by atoms with E-state index in [9.17, 15) is 9.59 Å². The van der Waals surface area contributed by atoms with Gasteiger partial charge in [0.25, 0.3) is 5.91 Å². The van der Waals surface area contributed by atoms with Gasteiger partial charge in [-0.2, -0.15) is 0 Å². The first-order chi connectivity index (χ1) is 14.7. The molecule has 2 N–H and O–H groups in total. The Morgan fingerprint density at radius 2 is 1.97 bits per heavy atom. The molecule has 4 rings (SSSR count). The molecule has 0 atom stereocenters. The van der Waals surface area contributed by atoms with Gasteiger partial charge >= 0.3 is 0 Å². The van der Waals surface area contributed by atoms with Crippen molar-refractivity contribution in [2.75, 3.05) is 11.9 Å². The number of rotatable bonds is 8. The third-order valence-electron chi connectivity index (χ3n) is 5.37. The second-order valence-corrected chi connectivity index (χ2v) is 7.67. The fourth-order valence-electron chi connectivity index (χ4n) is 3.85. The number of nitrogens with one attached hydrogen (secondary N) is 2. The lowest BCUT2D eigenvalue weighted by Crippen LogP contribution is -2.25. The first kappa shape index (κ1) is 19.9. The largest absolute Gasteiger partial charge is 0.352 e. The molecule has 0 fully saturated rings. The number of carbonyl (C=O) groups excluding carboxylic acids is 2. The second-order valence-electron chi connectivity index (χ2n) is 7.67. The summed E-state index contributed by atoms with van der Waals surface area (Å²) < 4.78 is 1.98. The van der Waals surface area contributed by atoms with Gasteiger partial charge in [0.1, 0.15) is 0 Å². The fourth-order valence-corrected chi connectivity index (χ4v) is 3.85. The quantitative estimate of drug-likeness (QED) is 0.567. The number of amides is 2. The number of anilines is 1. The highest BCUT2D eigenvalue weighted by Crippen LogP contribution is 2.25. The maximum Gasteiger partial charge on any atom is 0.251 e. The second kappa shape index (κ2) is 9.39. The van der Waals surface area contributed by atoms with Crippen molar-refractivity contribution >= 4 is 17.5 Å². The van der Waals surface area contributed by atoms with Gasteiger partial charge in [0.2, 0.25) is 5.91 Å². The highest BCUT2D eigenvalue weighted by Gasteiger charge is 2.13. The molecule has 0 saturated carbocycles. The van der Waals surface area contributed by atoms with Gasteiger partial charge in [-0.1, -0.05) is 18.2 Å². The molecule has 0 saturated heterocycles. The number of aryl methyl sites for hydroxylation is 3. The zero-order valence-electron chi connectivity index (χ0n) is 16.9. The molecule has 6 heteroatoms. The zero-order valence-corrected chi connectivity index (χ0v) is 16.9. The van der Waals surface area contributed by atoms with Crippen LogP contribution in [-0.2, 0) is 30.6 Å². The van der Waals surface area contributed by atoms with E-state index >= 15 is 0 Å². The van der Waals surface area contributed by atoms with Crippen molar-refractivity contribution in [1.82, 2.24) is 14.9 Å². The van der Waals surface area contributed by atoms with Crippen molar-refractivity contribution in [3.8, 4) is 0 Å². The molecule has 1 aromatic heterocycles. The summed E-state index contributed by atoms with van der Waals surface area (Å²) in [6.45, 7) is 1.39. The van der Waals surface area contributed by atoms with Crippen LogP contribution in [0.2, 0.25) is 0 Å². The van der Waals surface area contributed by atoms with Crippen molar-refractivity contribution in [2.24, 2.45) is 0 Å². The fraction of sp³-hybridized carbons (Fsp3) is 0.292. The van der Waals surface area contributed by atoms with Crippen LogP contribution in [0.15, 0.2) is 61.2 Å². The highest BCUT2D eigenvalue weighted by molar-refractivity contribution is 5.95. The number of fused-ring (bicyclic) bond motifs is 1. The molecule has 0 aliphatic heterocycles. The topological polar surface area (TPSA) is 76.0 Å². The van der Waals surface area contributed by atoms with E-state index in [-0.39, 0.29) is 18.2 Å². The minimum atomic E-state index is -0.124. The maximum atomic E-state index is 12.5. The van der Waals surface area contributed by atoms with E-state index in [1.54, 1.807) is 24.7 Å². The Morgan fingerprint density at radius 3 is 2.83 bits per heavy atom. The Labute approximate surface area is 176 Å². The first-order valence-corrected chi connectivity index (χ1v) is 10.4. The molecule has 0 bridgehead atoms. The Hall–Kier alpha value is -3.41. The standard InChI is InChI=1S/C24H26N4O2/c29-23(27-22-9-8-19-5-2-6-20(19)16-22)15-18-4-1-7-21(14-18)24(30)26-10-3-12-28-13-11-25-17-28/h1,4,7-9,11,13-14,16-17H,2-3,5-6,10,12,15H2,(H,26,30)(H,27,29). The first-order valence-electron chi connectivity index (χ1n) is 10.4. The Balaban J connectivity index is 1.28. The van der Waals surface area contributed by atoms with Crippen LogP contribution in [0.5, 0.6) is 0 Å². The van der Waals surface area contributed by atoms with E-state index in [2.05, 4.69) is 27.8 Å². The smallest absolute Gasteiger partial charge is 0.251 e. The minimum absolute atomic E-state index is 0.0779. The van der Waals surface area contributed by atoms with Crippen molar-refractivity contribution in [1.29, 1.82) is 0 Å². The number of hydrogen-bond acceptors (Lipinski definition) is 3. The molecule has 1 aliphatic rings. The van der Waals surface area contributed by atoms with Gasteiger partial charge in [-0.3, -0.25) is 9.59 Å². The predicted octanol–water partition coefficient (Wildman–Crippen LogP) is 3.37. The summed E-state index contributed by atoms with van der Waals surface area (Å²) in [5.41, 5.74) is 4.95. The van der Waals surface area contributed by atoms with Crippen molar-refractivity contribution in [2.45, 2.75) is 38.6 Å². The number of nitrogens with zero attached hydrogens (tertiary/aromatic N) is 2. The summed E-state index contributed by atoms with van der Waals surface area (Å²) >= 11 is 0. The Kier molecular flexibility index (Phi) is 6.23. The maximum absolute atomic E-state index is 12.5. The van der Waals surface area contributed by atoms with Crippen molar-refractivity contribution in [3.63, 3.8) is 0 Å². The van der Waals surface area contributed by atoms with E-state index in [1.807, 2.05) is 29.0 Å². The van der Waals surface area contributed by atoms with Gasteiger partial charge < -0.3 is 15.2 Å². The van der Waals surface area contributed by atoms with Gasteiger partial charge in [0.05, 0.1) is 12.7 Å². The third-order valence-corrected chi connectivity index (χ3v) is 5.37. The highest BCUT2D eigenvalue weighted by atomic mass is 16.2. The van der Waals surface area contributed by atoms with Crippen LogP contribution in [0.1, 0.15) is 39.9 Å². The van der Waals surface area contributed by atoms with Gasteiger partial charge in [-0.15, -0.1) is 0 Å². The molecule has 1 aliphatic carbocycles. The van der Waals surface area contributed by atoms with Crippen LogP contribution in [0.25, 0.3) is 0 Å². The molecule has 6 nitrogen and oxygen atoms in total. The Bertz CT molecular complexity index is 1030. The minimum Gasteiger partial charge on any atom is -0.352 e. The van der Waals surface area contributed by atoms with Gasteiger partial charge in [-0.25, -0.2) is 4.98 Å². The van der Waals surface area contributed by atoms with E-state index in [4.69, 9.17) is 0 Å². The molecule has 2 amide bonds. The summed E-state index contributed by atoms with van der Waals surface area (Å²) in [7, 11) is 0. The average molecular weight is 402 g/mol. The molecule has 3 aromatic rings. The van der Waals surface area contributed by atoms with Crippen LogP contribution in [0.4, 0.5) is 5.69 Å². The number of benzene rings is 2. The van der Waals surface area contributed by atoms with Gasteiger partial charge in [-0.05, 0) is 66.6 Å². The molecule has 0 radical (unpaired) electrons. The summed E-state index contributed by atoms with van der Waals surface area (Å²) in [5, 5.41) is 5.91. The van der Waals surface area contributed by atoms with Crippen LogP contribution < -0.4 is 10.6 Å². The van der Waals surface area contributed by atoms with E-state index in [0.717, 1.165) is 37.1 Å². The summed E-state index contributed by atoms with van der Waals surface area (Å²) in [6.07, 6.45) is 9.86. The molecule has 1 heterocycles. The Morgan fingerprint density at radius 1 is 1.07 bits per heavy atom. The third kappa shape index (κ3) is 5.14. The monoisotopic (exact) mass is 402 g/mol. The summed E-state index contributed by atoms with van der Waals surface area (Å²) in [4.78, 5) is 28.9. The van der Waals surface area contributed by atoms with Gasteiger partial charge in [0.15, 0.2) is 0 Å². The molecule has 0 spiro atoms. The number of hydrogen-bond donors (Lipinski definition) is 2. The van der Waals surface area contributed by atoms with E-state index in [1.165, 1.54) is 17.5 Å². The van der Waals surface area contributed by atoms with E-state index < -0.39 is 0 Å². The van der Waals surface area contributed by atoms with Crippen molar-refractivity contribution < 1.29 is 9.59 Å². The average Bonchev–Trinajstić information content (AvgIpc) is 3.42. The molecule has 30 heavy (non-hydrogen) atoms. The zero-order chi connectivity index (χ0) is 20.8. The van der Waals surface area contributed by atoms with Crippen LogP contribution >= 0.6 is 0 Å². The van der Waals surface area contributed by atoms with Crippen LogP contribution in [0, 0.1) is 0 Å². The molecular weight excluding hydrogens is 376 g/mol. The molecule has 0 unspecified atom stereocenters. The van der Waals surface area contributed by atoms with Crippen LogP contribution in [-0.4, -0.2) is 27.9 Å². The molecule has 2 aromatic carbocycles. The van der Waals surface area contributed by atoms with E-state index in [0.29, 0.717) is 12.1 Å². The van der Waals surface area contributed by atoms with Gasteiger partial charge in [0, 0.05) is 36.7 Å². The summed E-state index contributed by atoms with van der Waals surface area (Å²) in [5.74, 6) is -0.202. The lowest BCUT2D eigenvalue weighted by atomic mass is 10.1.